The Labute approximate surface area is 98.5 Å². The van der Waals surface area contributed by atoms with Crippen LogP contribution >= 0.6 is 0 Å². The molecule has 0 fully saturated rings. The second-order valence-electron chi connectivity index (χ2n) is 2.99. The lowest BCUT2D eigenvalue weighted by Crippen LogP contribution is -2.29. The number of carbonyl (C=O) groups is 1. The predicted octanol–water partition coefficient (Wildman–Crippen LogP) is 1.74. The number of hydrogen-bond donors (Lipinski definition) is 1. The van der Waals surface area contributed by atoms with Crippen LogP contribution in [-0.2, 0) is 4.79 Å². The number of nitrogens with two attached hydrogens (primary N) is 1. The van der Waals surface area contributed by atoms with E-state index in [1.807, 2.05) is 18.2 Å². The molecule has 5 heteroatoms. The summed E-state index contributed by atoms with van der Waals surface area (Å²) in [5.74, 6) is 4.61. The topological polar surface area (TPSA) is 59.2 Å². The van der Waals surface area contributed by atoms with Gasteiger partial charge in [0.2, 0.25) is 6.41 Å². The van der Waals surface area contributed by atoms with Gasteiger partial charge in [0.15, 0.2) is 0 Å². The van der Waals surface area contributed by atoms with Crippen molar-refractivity contribution in [2.24, 2.45) is 5.84 Å². The highest BCUT2D eigenvalue weighted by Gasteiger charge is 2.03. The van der Waals surface area contributed by atoms with E-state index in [0.717, 1.165) is 0 Å². The fourth-order valence-electron chi connectivity index (χ4n) is 1.03. The minimum atomic E-state index is -0.512. The number of amides is 1. The van der Waals surface area contributed by atoms with Crippen LogP contribution in [-0.4, -0.2) is 11.4 Å². The molecule has 0 atom stereocenters. The van der Waals surface area contributed by atoms with Crippen molar-refractivity contribution in [1.82, 2.24) is 4.98 Å². The Morgan fingerprint density at radius 3 is 2.18 bits per heavy atom. The van der Waals surface area contributed by atoms with Crippen molar-refractivity contribution in [2.45, 2.75) is 0 Å². The first-order valence-electron chi connectivity index (χ1n) is 4.84. The summed E-state index contributed by atoms with van der Waals surface area (Å²) in [6.45, 7) is 0. The third-order valence-corrected chi connectivity index (χ3v) is 1.81. The molecule has 0 unspecified atom stereocenters. The Balaban J connectivity index is 0.000000202. The number of hydrogen-bond acceptors (Lipinski definition) is 3. The summed E-state index contributed by atoms with van der Waals surface area (Å²) in [7, 11) is 0. The van der Waals surface area contributed by atoms with Gasteiger partial charge in [0.25, 0.3) is 0 Å². The van der Waals surface area contributed by atoms with E-state index in [-0.39, 0.29) is 5.69 Å². The van der Waals surface area contributed by atoms with Crippen LogP contribution < -0.4 is 10.9 Å². The molecule has 1 amide bonds. The molecule has 4 nitrogen and oxygen atoms in total. The van der Waals surface area contributed by atoms with Crippen molar-refractivity contribution in [3.8, 4) is 0 Å². The molecule has 0 aliphatic heterocycles. The van der Waals surface area contributed by atoms with Crippen molar-refractivity contribution < 1.29 is 9.18 Å². The van der Waals surface area contributed by atoms with Gasteiger partial charge >= 0.3 is 0 Å². The van der Waals surface area contributed by atoms with Gasteiger partial charge in [0, 0.05) is 12.4 Å². The van der Waals surface area contributed by atoms with E-state index in [4.69, 9.17) is 5.84 Å². The zero-order valence-corrected chi connectivity index (χ0v) is 9.03. The highest BCUT2D eigenvalue weighted by Crippen LogP contribution is 2.13. The van der Waals surface area contributed by atoms with Crippen molar-refractivity contribution >= 4 is 12.1 Å². The van der Waals surface area contributed by atoms with Gasteiger partial charge in [-0.15, -0.1) is 0 Å². The summed E-state index contributed by atoms with van der Waals surface area (Å²) in [5.41, 5.74) is 0.0718. The lowest BCUT2D eigenvalue weighted by Gasteiger charge is -2.09. The maximum absolute atomic E-state index is 12.7. The van der Waals surface area contributed by atoms with Crippen molar-refractivity contribution in [3.63, 3.8) is 0 Å². The summed E-state index contributed by atoms with van der Waals surface area (Å²) in [6.07, 6.45) is 3.85. The maximum atomic E-state index is 12.7. The fraction of sp³-hybridized carbons (Fsp3) is 0. The Kier molecular flexibility index (Phi) is 5.33. The predicted molar refractivity (Wildman–Crippen MR) is 63.4 cm³/mol. The highest BCUT2D eigenvalue weighted by molar-refractivity contribution is 5.73. The molecule has 2 rings (SSSR count). The number of aromatic nitrogens is 1. The molecule has 17 heavy (non-hydrogen) atoms. The SMILES string of the molecule is NN(C=O)c1ccccc1F.c1ccncc1. The number of para-hydroxylation sites is 1. The molecule has 1 aromatic carbocycles. The molecule has 0 bridgehead atoms. The maximum Gasteiger partial charge on any atom is 0.228 e. The van der Waals surface area contributed by atoms with E-state index >= 15 is 0 Å². The van der Waals surface area contributed by atoms with Gasteiger partial charge in [-0.05, 0) is 24.3 Å². The van der Waals surface area contributed by atoms with E-state index < -0.39 is 5.82 Å². The first-order chi connectivity index (χ1) is 8.25. The molecule has 2 aromatic rings. The summed E-state index contributed by atoms with van der Waals surface area (Å²) < 4.78 is 12.7. The molecular weight excluding hydrogens is 221 g/mol. The normalized spacial score (nSPS) is 8.82. The number of nitrogens with zero attached hydrogens (tertiary/aromatic N) is 2. The highest BCUT2D eigenvalue weighted by atomic mass is 19.1. The molecule has 0 spiro atoms. The number of halogens is 1. The Hall–Kier alpha value is -2.27. The second-order valence-corrected chi connectivity index (χ2v) is 2.99. The van der Waals surface area contributed by atoms with Crippen LogP contribution in [0.4, 0.5) is 10.1 Å². The van der Waals surface area contributed by atoms with E-state index in [9.17, 15) is 9.18 Å². The van der Waals surface area contributed by atoms with Crippen LogP contribution in [0.25, 0.3) is 0 Å². The first kappa shape index (κ1) is 12.8. The average molecular weight is 233 g/mol. The van der Waals surface area contributed by atoms with Crippen LogP contribution in [0.5, 0.6) is 0 Å². The Morgan fingerprint density at radius 1 is 1.12 bits per heavy atom. The monoisotopic (exact) mass is 233 g/mol. The zero-order chi connectivity index (χ0) is 12.5. The quantitative estimate of drug-likeness (QED) is 0.372. The van der Waals surface area contributed by atoms with Gasteiger partial charge in [0.05, 0.1) is 5.69 Å². The van der Waals surface area contributed by atoms with Gasteiger partial charge in [-0.25, -0.2) is 15.2 Å². The van der Waals surface area contributed by atoms with Gasteiger partial charge in [-0.1, -0.05) is 18.2 Å². The van der Waals surface area contributed by atoms with Crippen molar-refractivity contribution in [2.75, 3.05) is 5.01 Å². The lowest BCUT2D eigenvalue weighted by molar-refractivity contribution is -0.107. The second kappa shape index (κ2) is 7.08. The van der Waals surface area contributed by atoms with Crippen molar-refractivity contribution in [1.29, 1.82) is 0 Å². The summed E-state index contributed by atoms with van der Waals surface area (Å²) in [5, 5.41) is 0.690. The third-order valence-electron chi connectivity index (χ3n) is 1.81. The standard InChI is InChI=1S/C7H7FN2O.C5H5N/c8-6-3-1-2-4-7(6)10(9)5-11;1-2-4-6-5-3-1/h1-5H,9H2;1-5H. The summed E-state index contributed by atoms with van der Waals surface area (Å²) >= 11 is 0. The number of benzene rings is 1. The molecule has 0 aliphatic rings. The molecule has 0 saturated heterocycles. The van der Waals surface area contributed by atoms with E-state index in [1.165, 1.54) is 18.2 Å². The molecule has 0 saturated carbocycles. The molecule has 1 aromatic heterocycles. The number of anilines is 1. The molecular formula is C12H12FN3O. The summed E-state index contributed by atoms with van der Waals surface area (Å²) in [4.78, 5) is 13.9. The molecule has 2 N–H and O–H groups in total. The smallest absolute Gasteiger partial charge is 0.228 e. The van der Waals surface area contributed by atoms with E-state index in [1.54, 1.807) is 18.5 Å². The van der Waals surface area contributed by atoms with Crippen molar-refractivity contribution in [3.05, 3.63) is 60.7 Å². The largest absolute Gasteiger partial charge is 0.277 e. The zero-order valence-electron chi connectivity index (χ0n) is 9.03. The average Bonchev–Trinajstić information content (AvgIpc) is 2.41. The molecule has 0 radical (unpaired) electrons. The number of rotatable bonds is 2. The van der Waals surface area contributed by atoms with Gasteiger partial charge < -0.3 is 0 Å². The van der Waals surface area contributed by atoms with E-state index in [0.29, 0.717) is 11.4 Å². The Bertz CT molecular complexity index is 424. The van der Waals surface area contributed by atoms with E-state index in [2.05, 4.69) is 4.98 Å². The van der Waals surface area contributed by atoms with Crippen LogP contribution in [0, 0.1) is 5.82 Å². The lowest BCUT2D eigenvalue weighted by atomic mass is 10.3. The number of pyridine rings is 1. The van der Waals surface area contributed by atoms with Gasteiger partial charge in [0.1, 0.15) is 5.82 Å². The molecule has 0 aliphatic carbocycles. The van der Waals surface area contributed by atoms with Gasteiger partial charge in [-0.3, -0.25) is 9.78 Å². The minimum Gasteiger partial charge on any atom is -0.277 e. The minimum absolute atomic E-state index is 0.0718. The summed E-state index contributed by atoms with van der Waals surface area (Å²) in [6, 6.07) is 11.5. The van der Waals surface area contributed by atoms with Gasteiger partial charge in [-0.2, -0.15) is 0 Å². The Morgan fingerprint density at radius 2 is 1.76 bits per heavy atom. The first-order valence-corrected chi connectivity index (χ1v) is 4.84. The fourth-order valence-corrected chi connectivity index (χ4v) is 1.03. The van der Waals surface area contributed by atoms with Crippen LogP contribution in [0.2, 0.25) is 0 Å². The molecule has 1 heterocycles. The number of carbonyl (C=O) groups excluding carboxylic acids is 1. The van der Waals surface area contributed by atoms with Crippen LogP contribution in [0.3, 0.4) is 0 Å². The van der Waals surface area contributed by atoms with Crippen LogP contribution in [0.15, 0.2) is 54.9 Å². The molecule has 88 valence electrons. The van der Waals surface area contributed by atoms with Crippen LogP contribution in [0.1, 0.15) is 0 Å². The number of hydrazine groups is 1. The third kappa shape index (κ3) is 4.40.